The van der Waals surface area contributed by atoms with Crippen molar-refractivity contribution >= 4 is 29.3 Å². The molecule has 0 aliphatic carbocycles. The number of rotatable bonds is 5. The number of para-hydroxylation sites is 1. The topological polar surface area (TPSA) is 58.6 Å². The van der Waals surface area contributed by atoms with Crippen molar-refractivity contribution in [1.82, 2.24) is 5.32 Å². The molecule has 0 aromatic heterocycles. The first-order chi connectivity index (χ1) is 12.2. The predicted molar refractivity (Wildman–Crippen MR) is 99.0 cm³/mol. The van der Waals surface area contributed by atoms with Crippen LogP contribution in [0.5, 0.6) is 5.75 Å². The summed E-state index contributed by atoms with van der Waals surface area (Å²) in [7, 11) is 1.62. The fraction of sp³-hybridized carbons (Fsp3) is 0.263. The van der Waals surface area contributed by atoms with Crippen LogP contribution in [-0.4, -0.2) is 31.2 Å². The van der Waals surface area contributed by atoms with Crippen LogP contribution in [-0.2, 0) is 16.1 Å². The molecule has 1 aliphatic heterocycles. The first-order valence-corrected chi connectivity index (χ1v) is 9.08. The molecule has 0 unspecified atom stereocenters. The van der Waals surface area contributed by atoms with Gasteiger partial charge in [0.1, 0.15) is 12.3 Å². The van der Waals surface area contributed by atoms with Crippen molar-refractivity contribution in [2.75, 3.05) is 24.3 Å². The van der Waals surface area contributed by atoms with Crippen LogP contribution < -0.4 is 15.0 Å². The first-order valence-electron chi connectivity index (χ1n) is 8.09. The van der Waals surface area contributed by atoms with E-state index in [1.165, 1.54) is 0 Å². The van der Waals surface area contributed by atoms with Gasteiger partial charge in [-0.05, 0) is 29.8 Å². The third-order valence-electron chi connectivity index (χ3n) is 3.98. The fourth-order valence-electron chi connectivity index (χ4n) is 2.64. The van der Waals surface area contributed by atoms with E-state index in [1.54, 1.807) is 23.8 Å². The number of carbonyl (C=O) groups is 2. The number of amides is 2. The van der Waals surface area contributed by atoms with E-state index >= 15 is 0 Å². The van der Waals surface area contributed by atoms with Gasteiger partial charge in [-0.2, -0.15) is 0 Å². The number of benzene rings is 2. The van der Waals surface area contributed by atoms with Crippen LogP contribution >= 0.6 is 11.8 Å². The van der Waals surface area contributed by atoms with Crippen LogP contribution in [0.3, 0.4) is 0 Å². The summed E-state index contributed by atoms with van der Waals surface area (Å²) >= 11 is 1.65. The Balaban J connectivity index is 1.64. The SMILES string of the molecule is COc1ccc(CNC(=O)CN2C(=O)CCSc3ccccc32)cc1. The fourth-order valence-corrected chi connectivity index (χ4v) is 3.63. The molecule has 0 spiro atoms. The molecule has 6 heteroatoms. The lowest BCUT2D eigenvalue weighted by molar-refractivity contribution is -0.123. The van der Waals surface area contributed by atoms with Crippen LogP contribution in [0.25, 0.3) is 0 Å². The summed E-state index contributed by atoms with van der Waals surface area (Å²) in [6, 6.07) is 15.2. The van der Waals surface area contributed by atoms with Crippen molar-refractivity contribution in [2.24, 2.45) is 0 Å². The molecular weight excluding hydrogens is 336 g/mol. The molecule has 0 radical (unpaired) electrons. The average molecular weight is 356 g/mol. The number of ether oxygens (including phenoxy) is 1. The van der Waals surface area contributed by atoms with Gasteiger partial charge in [0.2, 0.25) is 11.8 Å². The average Bonchev–Trinajstić information content (AvgIpc) is 2.80. The molecule has 2 aromatic carbocycles. The normalized spacial score (nSPS) is 13.8. The molecular formula is C19H20N2O3S. The van der Waals surface area contributed by atoms with Crippen LogP contribution in [0.1, 0.15) is 12.0 Å². The van der Waals surface area contributed by atoms with Gasteiger partial charge in [0.25, 0.3) is 0 Å². The Morgan fingerprint density at radius 1 is 1.20 bits per heavy atom. The number of nitrogens with one attached hydrogen (secondary N) is 1. The van der Waals surface area contributed by atoms with Crippen molar-refractivity contribution in [3.05, 3.63) is 54.1 Å². The molecule has 25 heavy (non-hydrogen) atoms. The second-order valence-corrected chi connectivity index (χ2v) is 6.81. The maximum absolute atomic E-state index is 12.4. The van der Waals surface area contributed by atoms with E-state index in [0.717, 1.165) is 27.6 Å². The first kappa shape index (κ1) is 17.4. The van der Waals surface area contributed by atoms with E-state index in [9.17, 15) is 9.59 Å². The zero-order chi connectivity index (χ0) is 17.6. The lowest BCUT2D eigenvalue weighted by Gasteiger charge is -2.22. The van der Waals surface area contributed by atoms with Gasteiger partial charge in [-0.25, -0.2) is 0 Å². The van der Waals surface area contributed by atoms with E-state index in [0.29, 0.717) is 13.0 Å². The van der Waals surface area contributed by atoms with Crippen molar-refractivity contribution in [2.45, 2.75) is 17.9 Å². The maximum atomic E-state index is 12.4. The molecule has 1 N–H and O–H groups in total. The minimum atomic E-state index is -0.175. The number of hydrogen-bond donors (Lipinski definition) is 1. The third-order valence-corrected chi connectivity index (χ3v) is 5.05. The Bertz CT molecular complexity index is 762. The molecule has 1 aliphatic rings. The summed E-state index contributed by atoms with van der Waals surface area (Å²) in [6.07, 6.45) is 0.436. The van der Waals surface area contributed by atoms with Crippen LogP contribution in [0, 0.1) is 0 Å². The molecule has 2 aromatic rings. The third kappa shape index (κ3) is 4.33. The molecule has 130 valence electrons. The quantitative estimate of drug-likeness (QED) is 0.895. The van der Waals surface area contributed by atoms with Gasteiger partial charge in [0.15, 0.2) is 0 Å². The molecule has 0 fully saturated rings. The number of fused-ring (bicyclic) bond motifs is 1. The van der Waals surface area contributed by atoms with Gasteiger partial charge >= 0.3 is 0 Å². The highest BCUT2D eigenvalue weighted by atomic mass is 32.2. The van der Waals surface area contributed by atoms with E-state index < -0.39 is 0 Å². The second kappa shape index (κ2) is 8.07. The maximum Gasteiger partial charge on any atom is 0.240 e. The Morgan fingerprint density at radius 2 is 1.96 bits per heavy atom. The molecule has 3 rings (SSSR count). The van der Waals surface area contributed by atoms with Crippen LogP contribution in [0.15, 0.2) is 53.4 Å². The summed E-state index contributed by atoms with van der Waals surface area (Å²) in [5, 5.41) is 2.88. The number of methoxy groups -OCH3 is 1. The summed E-state index contributed by atoms with van der Waals surface area (Å²) < 4.78 is 5.12. The molecule has 5 nitrogen and oxygen atoms in total. The van der Waals surface area contributed by atoms with Crippen LogP contribution in [0.2, 0.25) is 0 Å². The molecule has 0 atom stereocenters. The number of thioether (sulfide) groups is 1. The standard InChI is InChI=1S/C19H20N2O3S/c1-24-15-8-6-14(7-9-15)12-20-18(22)13-21-16-4-2-3-5-17(16)25-11-10-19(21)23/h2-9H,10-13H2,1H3,(H,20,22). The highest BCUT2D eigenvalue weighted by molar-refractivity contribution is 7.99. The molecule has 0 bridgehead atoms. The molecule has 2 amide bonds. The van der Waals surface area contributed by atoms with E-state index in [2.05, 4.69) is 5.32 Å². The summed E-state index contributed by atoms with van der Waals surface area (Å²) in [5.74, 6) is 1.32. The van der Waals surface area contributed by atoms with Gasteiger partial charge in [0, 0.05) is 23.6 Å². The van der Waals surface area contributed by atoms with Gasteiger partial charge in [-0.3, -0.25) is 9.59 Å². The number of nitrogens with zero attached hydrogens (tertiary/aromatic N) is 1. The molecule has 1 heterocycles. The Kier molecular flexibility index (Phi) is 5.60. The van der Waals surface area contributed by atoms with Gasteiger partial charge in [0.05, 0.1) is 12.8 Å². The second-order valence-electron chi connectivity index (χ2n) is 5.67. The van der Waals surface area contributed by atoms with Gasteiger partial charge in [-0.15, -0.1) is 11.8 Å². The summed E-state index contributed by atoms with van der Waals surface area (Å²) in [6.45, 7) is 0.452. The smallest absolute Gasteiger partial charge is 0.240 e. The lowest BCUT2D eigenvalue weighted by atomic mass is 10.2. The van der Waals surface area contributed by atoms with Gasteiger partial charge in [-0.1, -0.05) is 24.3 Å². The highest BCUT2D eigenvalue weighted by Crippen LogP contribution is 2.33. The Morgan fingerprint density at radius 3 is 2.72 bits per heavy atom. The van der Waals surface area contributed by atoms with E-state index in [-0.39, 0.29) is 18.4 Å². The minimum absolute atomic E-state index is 0.0166. The van der Waals surface area contributed by atoms with Crippen molar-refractivity contribution < 1.29 is 14.3 Å². The predicted octanol–water partition coefficient (Wildman–Crippen LogP) is 2.84. The zero-order valence-electron chi connectivity index (χ0n) is 14.0. The molecule has 0 saturated carbocycles. The number of hydrogen-bond acceptors (Lipinski definition) is 4. The van der Waals surface area contributed by atoms with E-state index in [1.807, 2.05) is 48.5 Å². The Hall–Kier alpha value is -2.47. The molecule has 0 saturated heterocycles. The summed E-state index contributed by atoms with van der Waals surface area (Å²) in [5.41, 5.74) is 1.79. The monoisotopic (exact) mass is 356 g/mol. The van der Waals surface area contributed by atoms with Crippen molar-refractivity contribution in [3.63, 3.8) is 0 Å². The number of carbonyl (C=O) groups excluding carboxylic acids is 2. The largest absolute Gasteiger partial charge is 0.497 e. The van der Waals surface area contributed by atoms with Gasteiger partial charge < -0.3 is 15.0 Å². The highest BCUT2D eigenvalue weighted by Gasteiger charge is 2.24. The van der Waals surface area contributed by atoms with Crippen LogP contribution in [0.4, 0.5) is 5.69 Å². The minimum Gasteiger partial charge on any atom is -0.497 e. The van der Waals surface area contributed by atoms with Crippen molar-refractivity contribution in [3.8, 4) is 5.75 Å². The lowest BCUT2D eigenvalue weighted by Crippen LogP contribution is -2.40. The number of anilines is 1. The zero-order valence-corrected chi connectivity index (χ0v) is 14.8. The van der Waals surface area contributed by atoms with Crippen molar-refractivity contribution in [1.29, 1.82) is 0 Å². The Labute approximate surface area is 151 Å². The summed E-state index contributed by atoms with van der Waals surface area (Å²) in [4.78, 5) is 27.3. The van der Waals surface area contributed by atoms with E-state index in [4.69, 9.17) is 4.74 Å².